The summed E-state index contributed by atoms with van der Waals surface area (Å²) < 4.78 is 26.3. The Hall–Kier alpha value is -3.67. The lowest BCUT2D eigenvalue weighted by molar-refractivity contribution is -0.142. The van der Waals surface area contributed by atoms with E-state index in [0.717, 1.165) is 5.56 Å². The Balaban J connectivity index is 1.86. The molecule has 30 heavy (non-hydrogen) atoms. The number of carboxylic acid groups (broad SMARTS) is 1. The van der Waals surface area contributed by atoms with Crippen molar-refractivity contribution in [2.24, 2.45) is 5.92 Å². The summed E-state index contributed by atoms with van der Waals surface area (Å²) in [6.45, 7) is 0. The first kappa shape index (κ1) is 21.0. The molecule has 0 saturated carbocycles. The molecule has 0 saturated heterocycles. The molecule has 0 spiro atoms. The van der Waals surface area contributed by atoms with Crippen LogP contribution < -0.4 is 5.32 Å². The molecule has 3 rings (SSSR count). The van der Waals surface area contributed by atoms with Gasteiger partial charge in [0.05, 0.1) is 12.0 Å². The Bertz CT molecular complexity index is 1000. The minimum Gasteiger partial charge on any atom is -0.508 e. The fourth-order valence-corrected chi connectivity index (χ4v) is 3.13. The first-order valence-electron chi connectivity index (χ1n) is 9.38. The van der Waals surface area contributed by atoms with E-state index in [9.17, 15) is 23.8 Å². The van der Waals surface area contributed by atoms with Gasteiger partial charge >= 0.3 is 5.97 Å². The van der Waals surface area contributed by atoms with Gasteiger partial charge in [-0.3, -0.25) is 4.79 Å². The van der Waals surface area contributed by atoms with E-state index < -0.39 is 23.7 Å². The normalized spacial score (nSPS) is 13.1. The highest BCUT2D eigenvalue weighted by molar-refractivity contribution is 5.73. The van der Waals surface area contributed by atoms with Crippen molar-refractivity contribution in [2.75, 3.05) is 5.32 Å². The molecule has 0 radical (unpaired) electrons. The Labute approximate surface area is 173 Å². The van der Waals surface area contributed by atoms with Gasteiger partial charge in [-0.15, -0.1) is 0 Å². The van der Waals surface area contributed by atoms with Crippen LogP contribution in [0.2, 0.25) is 0 Å². The van der Waals surface area contributed by atoms with Crippen molar-refractivity contribution < 1.29 is 23.8 Å². The number of hydrogen-bond acceptors (Lipinski definition) is 3. The van der Waals surface area contributed by atoms with E-state index in [0.29, 0.717) is 11.3 Å². The molecule has 154 valence electrons. The van der Waals surface area contributed by atoms with Gasteiger partial charge in [-0.2, -0.15) is 0 Å². The van der Waals surface area contributed by atoms with Crippen molar-refractivity contribution in [3.8, 4) is 5.75 Å². The maximum Gasteiger partial charge on any atom is 0.309 e. The lowest BCUT2D eigenvalue weighted by Gasteiger charge is -2.26. The molecule has 0 heterocycles. The van der Waals surface area contributed by atoms with Crippen molar-refractivity contribution in [3.05, 3.63) is 102 Å². The second-order valence-corrected chi connectivity index (χ2v) is 6.85. The van der Waals surface area contributed by atoms with Crippen LogP contribution in [0.3, 0.4) is 0 Å². The third-order valence-electron chi connectivity index (χ3n) is 4.71. The SMILES string of the molecule is O=C(O)[C@H](CC=Cc1ccc(F)cc1)[C@H](Nc1ccc(F)cc1)c1ccc(O)cc1. The molecule has 0 amide bonds. The lowest BCUT2D eigenvalue weighted by atomic mass is 9.89. The van der Waals surface area contributed by atoms with Crippen LogP contribution in [0, 0.1) is 17.6 Å². The van der Waals surface area contributed by atoms with Crippen LogP contribution in [0.1, 0.15) is 23.6 Å². The van der Waals surface area contributed by atoms with Crippen molar-refractivity contribution >= 4 is 17.7 Å². The third kappa shape index (κ3) is 5.67. The summed E-state index contributed by atoms with van der Waals surface area (Å²) in [5.74, 6) is -2.52. The van der Waals surface area contributed by atoms with Crippen LogP contribution in [0.15, 0.2) is 78.9 Å². The number of carbonyl (C=O) groups is 1. The van der Waals surface area contributed by atoms with Crippen molar-refractivity contribution in [3.63, 3.8) is 0 Å². The Kier molecular flexibility index (Phi) is 6.80. The first-order valence-corrected chi connectivity index (χ1v) is 9.38. The second-order valence-electron chi connectivity index (χ2n) is 6.85. The maximum atomic E-state index is 13.2. The molecule has 3 N–H and O–H groups in total. The highest BCUT2D eigenvalue weighted by Crippen LogP contribution is 2.31. The number of rotatable bonds is 8. The molecular weight excluding hydrogens is 388 g/mol. The molecule has 2 atom stereocenters. The summed E-state index contributed by atoms with van der Waals surface area (Å²) in [5, 5.41) is 22.6. The molecule has 0 aliphatic heterocycles. The van der Waals surface area contributed by atoms with Crippen LogP contribution in [-0.2, 0) is 4.79 Å². The molecule has 3 aromatic carbocycles. The zero-order valence-corrected chi connectivity index (χ0v) is 16.0. The van der Waals surface area contributed by atoms with Crippen LogP contribution >= 0.6 is 0 Å². The van der Waals surface area contributed by atoms with Gasteiger partial charge in [0.25, 0.3) is 0 Å². The largest absolute Gasteiger partial charge is 0.508 e. The molecular formula is C24H21F2NO3. The highest BCUT2D eigenvalue weighted by atomic mass is 19.1. The fraction of sp³-hybridized carbons (Fsp3) is 0.125. The van der Waals surface area contributed by atoms with Crippen LogP contribution in [0.25, 0.3) is 6.08 Å². The fourth-order valence-electron chi connectivity index (χ4n) is 3.13. The van der Waals surface area contributed by atoms with E-state index in [1.54, 1.807) is 36.4 Å². The number of phenolic OH excluding ortho intramolecular Hbond substituents is 1. The van der Waals surface area contributed by atoms with Gasteiger partial charge in [0.2, 0.25) is 0 Å². The van der Waals surface area contributed by atoms with Gasteiger partial charge in [-0.1, -0.05) is 36.4 Å². The van der Waals surface area contributed by atoms with Crippen molar-refractivity contribution in [1.29, 1.82) is 0 Å². The van der Waals surface area contributed by atoms with Crippen LogP contribution in [0.5, 0.6) is 5.75 Å². The van der Waals surface area contributed by atoms with Gasteiger partial charge < -0.3 is 15.5 Å². The Morgan fingerprint density at radius 3 is 2.03 bits per heavy atom. The van der Waals surface area contributed by atoms with Gasteiger partial charge in [0.15, 0.2) is 0 Å². The number of phenols is 1. The highest BCUT2D eigenvalue weighted by Gasteiger charge is 2.28. The third-order valence-corrected chi connectivity index (χ3v) is 4.71. The van der Waals surface area contributed by atoms with Gasteiger partial charge in [-0.25, -0.2) is 8.78 Å². The average molecular weight is 409 g/mol. The molecule has 6 heteroatoms. The molecule has 0 bridgehead atoms. The number of nitrogens with one attached hydrogen (secondary N) is 1. The molecule has 0 aliphatic carbocycles. The molecule has 3 aromatic rings. The molecule has 0 fully saturated rings. The van der Waals surface area contributed by atoms with E-state index in [2.05, 4.69) is 5.32 Å². The molecule has 0 aromatic heterocycles. The number of hydrogen-bond donors (Lipinski definition) is 3. The van der Waals surface area contributed by atoms with Crippen molar-refractivity contribution in [1.82, 2.24) is 0 Å². The predicted molar refractivity (Wildman–Crippen MR) is 112 cm³/mol. The number of aliphatic carboxylic acids is 1. The molecule has 0 unspecified atom stereocenters. The van der Waals surface area contributed by atoms with E-state index in [1.165, 1.54) is 48.5 Å². The zero-order chi connectivity index (χ0) is 21.5. The zero-order valence-electron chi connectivity index (χ0n) is 16.0. The number of carboxylic acids is 1. The maximum absolute atomic E-state index is 13.2. The summed E-state index contributed by atoms with van der Waals surface area (Å²) >= 11 is 0. The van der Waals surface area contributed by atoms with E-state index in [4.69, 9.17) is 0 Å². The Morgan fingerprint density at radius 1 is 0.900 bits per heavy atom. The van der Waals surface area contributed by atoms with Crippen molar-refractivity contribution in [2.45, 2.75) is 12.5 Å². The topological polar surface area (TPSA) is 69.6 Å². The molecule has 4 nitrogen and oxygen atoms in total. The van der Waals surface area contributed by atoms with E-state index in [1.807, 2.05) is 0 Å². The van der Waals surface area contributed by atoms with Gasteiger partial charge in [-0.05, 0) is 66.1 Å². The summed E-state index contributed by atoms with van der Waals surface area (Å²) in [7, 11) is 0. The average Bonchev–Trinajstić information content (AvgIpc) is 2.73. The van der Waals surface area contributed by atoms with Gasteiger partial charge in [0, 0.05) is 5.69 Å². The monoisotopic (exact) mass is 409 g/mol. The summed E-state index contributed by atoms with van der Waals surface area (Å²) in [4.78, 5) is 12.1. The summed E-state index contributed by atoms with van der Waals surface area (Å²) in [6.07, 6.45) is 3.67. The van der Waals surface area contributed by atoms with Crippen LogP contribution in [0.4, 0.5) is 14.5 Å². The standard InChI is InChI=1S/C24H21F2NO3/c25-18-8-4-16(5-9-18)2-1-3-22(24(29)30)23(17-6-14-21(28)15-7-17)27-20-12-10-19(26)11-13-20/h1-2,4-15,22-23,27-28H,3H2,(H,29,30)/t22-,23-/m1/s1. The number of aromatic hydroxyl groups is 1. The van der Waals surface area contributed by atoms with Crippen LogP contribution in [-0.4, -0.2) is 16.2 Å². The number of allylic oxidation sites excluding steroid dienone is 1. The molecule has 0 aliphatic rings. The number of halogens is 2. The number of benzene rings is 3. The van der Waals surface area contributed by atoms with E-state index >= 15 is 0 Å². The van der Waals surface area contributed by atoms with E-state index in [-0.39, 0.29) is 18.0 Å². The summed E-state index contributed by atoms with van der Waals surface area (Å²) in [6, 6.07) is 17.2. The minimum atomic E-state index is -1.01. The minimum absolute atomic E-state index is 0.0716. The first-order chi connectivity index (χ1) is 14.4. The lowest BCUT2D eigenvalue weighted by Crippen LogP contribution is -2.27. The quantitative estimate of drug-likeness (QED) is 0.451. The predicted octanol–water partition coefficient (Wildman–Crippen LogP) is 5.63. The summed E-state index contributed by atoms with van der Waals surface area (Å²) in [5.41, 5.74) is 2.00. The van der Waals surface area contributed by atoms with Gasteiger partial charge in [0.1, 0.15) is 17.4 Å². The Morgan fingerprint density at radius 2 is 1.47 bits per heavy atom. The number of anilines is 1. The smallest absolute Gasteiger partial charge is 0.309 e. The second kappa shape index (κ2) is 9.69.